The lowest BCUT2D eigenvalue weighted by Crippen LogP contribution is -2.23. The minimum atomic E-state index is -1.07. The molecule has 0 spiro atoms. The monoisotopic (exact) mass is 316 g/mol. The molecule has 1 fully saturated rings. The van der Waals surface area contributed by atoms with Crippen LogP contribution in [-0.4, -0.2) is 34.1 Å². The average molecular weight is 316 g/mol. The summed E-state index contributed by atoms with van der Waals surface area (Å²) in [5.74, 6) is 0.254. The van der Waals surface area contributed by atoms with Crippen molar-refractivity contribution in [3.8, 4) is 5.75 Å². The molecule has 122 valence electrons. The van der Waals surface area contributed by atoms with Crippen LogP contribution in [0.1, 0.15) is 47.7 Å². The Hall–Kier alpha value is -2.34. The molecule has 0 amide bonds. The smallest absolute Gasteiger partial charge is 0.357 e. The van der Waals surface area contributed by atoms with Crippen molar-refractivity contribution in [3.05, 3.63) is 47.7 Å². The van der Waals surface area contributed by atoms with Gasteiger partial charge >= 0.3 is 5.97 Å². The van der Waals surface area contributed by atoms with Gasteiger partial charge in [0.25, 0.3) is 0 Å². The van der Waals surface area contributed by atoms with E-state index in [4.69, 9.17) is 14.3 Å². The van der Waals surface area contributed by atoms with E-state index in [1.54, 1.807) is 0 Å². The fraction of sp³-hybridized carbons (Fsp3) is 0.412. The third-order valence-corrected chi connectivity index (χ3v) is 4.05. The summed E-state index contributed by atoms with van der Waals surface area (Å²) >= 11 is 0. The van der Waals surface area contributed by atoms with Gasteiger partial charge in [-0.3, -0.25) is 4.90 Å². The summed E-state index contributed by atoms with van der Waals surface area (Å²) in [5.41, 5.74) is 1.19. The number of rotatable bonds is 6. The Morgan fingerprint density at radius 2 is 2.22 bits per heavy atom. The quantitative estimate of drug-likeness (QED) is 0.882. The van der Waals surface area contributed by atoms with Crippen LogP contribution in [0.25, 0.3) is 0 Å². The summed E-state index contributed by atoms with van der Waals surface area (Å²) in [6.45, 7) is 4.09. The first-order valence-electron chi connectivity index (χ1n) is 7.82. The number of carboxylic acids is 1. The molecule has 1 N–H and O–H groups in total. The molecule has 0 bridgehead atoms. The molecule has 1 atom stereocenters. The van der Waals surface area contributed by atoms with Gasteiger partial charge in [0.1, 0.15) is 12.0 Å². The van der Waals surface area contributed by atoms with E-state index in [9.17, 15) is 4.79 Å². The van der Waals surface area contributed by atoms with Gasteiger partial charge in [0.15, 0.2) is 5.69 Å². The van der Waals surface area contributed by atoms with Gasteiger partial charge in [0.05, 0.1) is 13.2 Å². The third-order valence-electron chi connectivity index (χ3n) is 4.05. The molecule has 6 heteroatoms. The molecule has 23 heavy (non-hydrogen) atoms. The molecule has 0 saturated carbocycles. The van der Waals surface area contributed by atoms with Crippen molar-refractivity contribution in [1.29, 1.82) is 0 Å². The van der Waals surface area contributed by atoms with Crippen LogP contribution in [0.15, 0.2) is 34.9 Å². The van der Waals surface area contributed by atoms with E-state index in [-0.39, 0.29) is 5.69 Å². The first kappa shape index (κ1) is 15.6. The Bertz CT molecular complexity index is 665. The SMILES string of the molecule is CCOc1ccc(C2CCCN2Cc2nc(C(=O)O)co2)cc1. The Morgan fingerprint density at radius 3 is 2.87 bits per heavy atom. The molecule has 0 aliphatic carbocycles. The zero-order valence-corrected chi connectivity index (χ0v) is 13.1. The number of aromatic nitrogens is 1. The van der Waals surface area contributed by atoms with Gasteiger partial charge in [-0.25, -0.2) is 9.78 Å². The van der Waals surface area contributed by atoms with Gasteiger partial charge in [-0.2, -0.15) is 0 Å². The molecule has 1 aliphatic rings. The van der Waals surface area contributed by atoms with Crippen LogP contribution in [0.4, 0.5) is 0 Å². The maximum absolute atomic E-state index is 10.9. The molecule has 6 nitrogen and oxygen atoms in total. The molecule has 1 aliphatic heterocycles. The van der Waals surface area contributed by atoms with Crippen LogP contribution in [0.2, 0.25) is 0 Å². The normalized spacial score (nSPS) is 18.2. The number of nitrogens with zero attached hydrogens (tertiary/aromatic N) is 2. The molecular formula is C17H20N2O4. The number of carboxylic acid groups (broad SMARTS) is 1. The van der Waals surface area contributed by atoms with Gasteiger partial charge in [0, 0.05) is 6.04 Å². The lowest BCUT2D eigenvalue weighted by molar-refractivity contribution is 0.0690. The molecule has 1 aromatic heterocycles. The minimum Gasteiger partial charge on any atom is -0.494 e. The number of hydrogen-bond acceptors (Lipinski definition) is 5. The van der Waals surface area contributed by atoms with Crippen molar-refractivity contribution >= 4 is 5.97 Å². The largest absolute Gasteiger partial charge is 0.494 e. The lowest BCUT2D eigenvalue weighted by atomic mass is 10.0. The summed E-state index contributed by atoms with van der Waals surface area (Å²) in [4.78, 5) is 17.2. The molecule has 0 radical (unpaired) electrons. The lowest BCUT2D eigenvalue weighted by Gasteiger charge is -2.23. The zero-order valence-electron chi connectivity index (χ0n) is 13.1. The number of oxazole rings is 1. The van der Waals surface area contributed by atoms with Gasteiger partial charge in [0.2, 0.25) is 5.89 Å². The molecule has 2 aromatic rings. The van der Waals surface area contributed by atoms with Crippen molar-refractivity contribution in [3.63, 3.8) is 0 Å². The van der Waals surface area contributed by atoms with Gasteiger partial charge < -0.3 is 14.3 Å². The maximum atomic E-state index is 10.9. The van der Waals surface area contributed by atoms with Crippen LogP contribution in [0.5, 0.6) is 5.75 Å². The predicted molar refractivity (Wildman–Crippen MR) is 83.5 cm³/mol. The van der Waals surface area contributed by atoms with Gasteiger partial charge in [-0.05, 0) is 44.0 Å². The Kier molecular flexibility index (Phi) is 4.62. The average Bonchev–Trinajstić information content (AvgIpc) is 3.18. The Labute approximate surface area is 134 Å². The summed E-state index contributed by atoms with van der Waals surface area (Å²) < 4.78 is 10.7. The standard InChI is InChI=1S/C17H20N2O4/c1-2-22-13-7-5-12(6-8-13)15-4-3-9-19(15)10-16-18-14(11-23-16)17(20)21/h5-8,11,15H,2-4,9-10H2,1H3,(H,20,21). The van der Waals surface area contributed by atoms with E-state index in [2.05, 4.69) is 22.0 Å². The number of benzene rings is 1. The number of likely N-dealkylation sites (tertiary alicyclic amines) is 1. The first-order chi connectivity index (χ1) is 11.2. The van der Waals surface area contributed by atoms with Crippen LogP contribution in [0.3, 0.4) is 0 Å². The highest BCUT2D eigenvalue weighted by Gasteiger charge is 2.27. The molecular weight excluding hydrogens is 296 g/mol. The topological polar surface area (TPSA) is 75.8 Å². The molecule has 2 heterocycles. The zero-order chi connectivity index (χ0) is 16.2. The van der Waals surface area contributed by atoms with E-state index < -0.39 is 5.97 Å². The Morgan fingerprint density at radius 1 is 1.43 bits per heavy atom. The van der Waals surface area contributed by atoms with Crippen LogP contribution < -0.4 is 4.74 Å². The van der Waals surface area contributed by atoms with Crippen LogP contribution in [0, 0.1) is 0 Å². The van der Waals surface area contributed by atoms with E-state index >= 15 is 0 Å². The summed E-state index contributed by atoms with van der Waals surface area (Å²) in [6, 6.07) is 8.45. The summed E-state index contributed by atoms with van der Waals surface area (Å²) in [6.07, 6.45) is 3.37. The van der Waals surface area contributed by atoms with Crippen LogP contribution >= 0.6 is 0 Å². The van der Waals surface area contributed by atoms with Crippen LogP contribution in [-0.2, 0) is 6.54 Å². The second kappa shape index (κ2) is 6.83. The number of hydrogen-bond donors (Lipinski definition) is 1. The van der Waals surface area contributed by atoms with Crippen molar-refractivity contribution < 1.29 is 19.1 Å². The fourth-order valence-corrected chi connectivity index (χ4v) is 3.00. The summed E-state index contributed by atoms with van der Waals surface area (Å²) in [5, 5.41) is 8.91. The van der Waals surface area contributed by atoms with E-state index in [1.807, 2.05) is 19.1 Å². The maximum Gasteiger partial charge on any atom is 0.357 e. The highest BCUT2D eigenvalue weighted by atomic mass is 16.5. The van der Waals surface area contributed by atoms with E-state index in [0.29, 0.717) is 25.1 Å². The molecule has 1 aromatic carbocycles. The van der Waals surface area contributed by atoms with Crippen molar-refractivity contribution in [2.45, 2.75) is 32.4 Å². The number of ether oxygens (including phenoxy) is 1. The second-order valence-corrected chi connectivity index (χ2v) is 5.56. The molecule has 3 rings (SSSR count). The summed E-state index contributed by atoms with van der Waals surface area (Å²) in [7, 11) is 0. The van der Waals surface area contributed by atoms with Gasteiger partial charge in [-0.1, -0.05) is 12.1 Å². The van der Waals surface area contributed by atoms with E-state index in [0.717, 1.165) is 25.1 Å². The molecule has 1 unspecified atom stereocenters. The molecule has 1 saturated heterocycles. The van der Waals surface area contributed by atoms with Crippen molar-refractivity contribution in [2.24, 2.45) is 0 Å². The first-order valence-corrected chi connectivity index (χ1v) is 7.82. The van der Waals surface area contributed by atoms with Gasteiger partial charge in [-0.15, -0.1) is 0 Å². The predicted octanol–water partition coefficient (Wildman–Crippen LogP) is 3.11. The second-order valence-electron chi connectivity index (χ2n) is 5.56. The fourth-order valence-electron chi connectivity index (χ4n) is 3.00. The van der Waals surface area contributed by atoms with Crippen molar-refractivity contribution in [2.75, 3.05) is 13.2 Å². The number of carbonyl (C=O) groups is 1. The third kappa shape index (κ3) is 3.53. The van der Waals surface area contributed by atoms with Crippen molar-refractivity contribution in [1.82, 2.24) is 9.88 Å². The highest BCUT2D eigenvalue weighted by molar-refractivity contribution is 5.84. The van der Waals surface area contributed by atoms with E-state index in [1.165, 1.54) is 11.8 Å². The minimum absolute atomic E-state index is 0.0446. The Balaban J connectivity index is 1.70. The number of aromatic carboxylic acids is 1. The highest BCUT2D eigenvalue weighted by Crippen LogP contribution is 2.33.